The fourth-order valence-corrected chi connectivity index (χ4v) is 2.58. The lowest BCUT2D eigenvalue weighted by molar-refractivity contribution is -0.385. The number of nitrogens with zero attached hydrogens (tertiary/aromatic N) is 4. The summed E-state index contributed by atoms with van der Waals surface area (Å²) in [5, 5.41) is 31.6. The van der Waals surface area contributed by atoms with Crippen LogP contribution in [0, 0.1) is 20.7 Å². The van der Waals surface area contributed by atoms with Crippen LogP contribution >= 0.6 is 23.8 Å². The second kappa shape index (κ2) is 7.02. The molecule has 0 radical (unpaired) electrons. The van der Waals surface area contributed by atoms with Gasteiger partial charge >= 0.3 is 5.69 Å². The highest BCUT2D eigenvalue weighted by Gasteiger charge is 2.18. The van der Waals surface area contributed by atoms with Gasteiger partial charge < -0.3 is 5.11 Å². The summed E-state index contributed by atoms with van der Waals surface area (Å²) in [4.78, 5) is 10.2. The number of benzene rings is 2. The molecule has 0 amide bonds. The zero-order chi connectivity index (χ0) is 18.8. The van der Waals surface area contributed by atoms with Gasteiger partial charge in [0, 0.05) is 22.2 Å². The number of hydrogen-bond donors (Lipinski definition) is 2. The third-order valence-corrected chi connectivity index (χ3v) is 3.81. The van der Waals surface area contributed by atoms with Crippen molar-refractivity contribution in [2.24, 2.45) is 5.10 Å². The number of H-pyrrole nitrogens is 1. The molecule has 11 heteroatoms. The summed E-state index contributed by atoms with van der Waals surface area (Å²) in [6.07, 6.45) is 1.14. The molecule has 0 fully saturated rings. The highest BCUT2D eigenvalue weighted by atomic mass is 35.5. The molecule has 0 saturated heterocycles. The van der Waals surface area contributed by atoms with Gasteiger partial charge in [0.2, 0.25) is 10.5 Å². The van der Waals surface area contributed by atoms with Gasteiger partial charge in [-0.1, -0.05) is 23.7 Å². The summed E-state index contributed by atoms with van der Waals surface area (Å²) in [6.45, 7) is 0. The quantitative estimate of drug-likeness (QED) is 0.302. The normalized spacial score (nSPS) is 11.2. The van der Waals surface area contributed by atoms with Crippen molar-refractivity contribution >= 4 is 35.7 Å². The fourth-order valence-electron chi connectivity index (χ4n) is 2.18. The summed E-state index contributed by atoms with van der Waals surface area (Å²) < 4.78 is 14.7. The van der Waals surface area contributed by atoms with Gasteiger partial charge in [0.05, 0.1) is 11.1 Å². The minimum absolute atomic E-state index is 0.0116. The Morgan fingerprint density at radius 2 is 2.19 bits per heavy atom. The average molecular weight is 394 g/mol. The highest BCUT2D eigenvalue weighted by molar-refractivity contribution is 7.71. The third kappa shape index (κ3) is 3.46. The zero-order valence-corrected chi connectivity index (χ0v) is 14.3. The standard InChI is InChI=1S/C15H9ClFN5O3S/c16-10-4-9(13(23)12(6-10)22(24)25)7-18-21-14(19-20-15(21)26)8-2-1-3-11(17)5-8/h1-7,23H,(H,20,26)/b18-7+. The van der Waals surface area contributed by atoms with Crippen LogP contribution in [0.15, 0.2) is 41.5 Å². The van der Waals surface area contributed by atoms with Crippen LogP contribution < -0.4 is 0 Å². The van der Waals surface area contributed by atoms with Crippen LogP contribution in [0.5, 0.6) is 5.75 Å². The molecule has 8 nitrogen and oxygen atoms in total. The molecule has 1 heterocycles. The second-order valence-electron chi connectivity index (χ2n) is 5.04. The van der Waals surface area contributed by atoms with Crippen LogP contribution in [0.4, 0.5) is 10.1 Å². The number of nitro benzene ring substituents is 1. The number of rotatable bonds is 4. The summed E-state index contributed by atoms with van der Waals surface area (Å²) in [5.41, 5.74) is -0.131. The Bertz CT molecular complexity index is 1100. The van der Waals surface area contributed by atoms with E-state index in [0.29, 0.717) is 5.56 Å². The molecule has 0 aliphatic rings. The first-order valence-corrected chi connectivity index (χ1v) is 7.80. The number of nitrogens with one attached hydrogen (secondary N) is 1. The van der Waals surface area contributed by atoms with Gasteiger partial charge in [-0.2, -0.15) is 14.9 Å². The largest absolute Gasteiger partial charge is 0.502 e. The zero-order valence-electron chi connectivity index (χ0n) is 12.8. The maximum absolute atomic E-state index is 13.4. The summed E-state index contributed by atoms with van der Waals surface area (Å²) in [5.74, 6) is -0.831. The maximum atomic E-state index is 13.4. The molecule has 0 aliphatic heterocycles. The van der Waals surface area contributed by atoms with Crippen LogP contribution in [-0.2, 0) is 0 Å². The van der Waals surface area contributed by atoms with Crippen molar-refractivity contribution in [3.8, 4) is 17.1 Å². The summed E-state index contributed by atoms with van der Waals surface area (Å²) in [7, 11) is 0. The fraction of sp³-hybridized carbons (Fsp3) is 0. The molecule has 132 valence electrons. The van der Waals surface area contributed by atoms with Crippen molar-refractivity contribution in [3.05, 3.63) is 67.7 Å². The lowest BCUT2D eigenvalue weighted by Gasteiger charge is -2.03. The second-order valence-corrected chi connectivity index (χ2v) is 5.86. The van der Waals surface area contributed by atoms with Crippen LogP contribution in [0.25, 0.3) is 11.4 Å². The summed E-state index contributed by atoms with van der Waals surface area (Å²) in [6, 6.07) is 7.97. The molecular weight excluding hydrogens is 385 g/mol. The monoisotopic (exact) mass is 393 g/mol. The highest BCUT2D eigenvalue weighted by Crippen LogP contribution is 2.32. The van der Waals surface area contributed by atoms with E-state index < -0.39 is 22.2 Å². The van der Waals surface area contributed by atoms with Gasteiger partial charge in [-0.3, -0.25) is 10.1 Å². The van der Waals surface area contributed by atoms with Crippen molar-refractivity contribution in [2.45, 2.75) is 0 Å². The number of phenols is 1. The Labute approximate surface area is 155 Å². The molecule has 0 saturated carbocycles. The predicted octanol–water partition coefficient (Wildman–Crippen LogP) is 3.90. The first kappa shape index (κ1) is 17.7. The van der Waals surface area contributed by atoms with E-state index >= 15 is 0 Å². The van der Waals surface area contributed by atoms with E-state index in [0.717, 1.165) is 12.3 Å². The minimum Gasteiger partial charge on any atom is -0.502 e. The average Bonchev–Trinajstić information content (AvgIpc) is 2.96. The van der Waals surface area contributed by atoms with E-state index in [2.05, 4.69) is 15.3 Å². The predicted molar refractivity (Wildman–Crippen MR) is 95.6 cm³/mol. The van der Waals surface area contributed by atoms with Gasteiger partial charge in [-0.05, 0) is 30.4 Å². The van der Waals surface area contributed by atoms with Gasteiger partial charge in [0.15, 0.2) is 5.82 Å². The van der Waals surface area contributed by atoms with E-state index in [1.54, 1.807) is 6.07 Å². The molecule has 0 bridgehead atoms. The smallest absolute Gasteiger partial charge is 0.312 e. The number of aromatic amines is 1. The van der Waals surface area contributed by atoms with Gasteiger partial charge in [0.1, 0.15) is 5.82 Å². The Hall–Kier alpha value is -3.11. The van der Waals surface area contributed by atoms with Crippen molar-refractivity contribution in [1.29, 1.82) is 0 Å². The lowest BCUT2D eigenvalue weighted by Crippen LogP contribution is -1.97. The van der Waals surface area contributed by atoms with E-state index in [-0.39, 0.29) is 21.2 Å². The number of phenolic OH excluding ortho intramolecular Hbond substituents is 1. The first-order chi connectivity index (χ1) is 12.4. The number of halogens is 2. The van der Waals surface area contributed by atoms with E-state index in [1.807, 2.05) is 0 Å². The molecule has 3 aromatic rings. The molecule has 1 aromatic heterocycles. The number of aromatic hydroxyl groups is 1. The van der Waals surface area contributed by atoms with Crippen LogP contribution in [-0.4, -0.2) is 31.1 Å². The topological polar surface area (TPSA) is 109 Å². The van der Waals surface area contributed by atoms with Crippen LogP contribution in [0.1, 0.15) is 5.56 Å². The Balaban J connectivity index is 2.07. The van der Waals surface area contributed by atoms with Gasteiger partial charge in [0.25, 0.3) is 0 Å². The van der Waals surface area contributed by atoms with E-state index in [9.17, 15) is 19.6 Å². The Kier molecular flexibility index (Phi) is 4.78. The van der Waals surface area contributed by atoms with Gasteiger partial charge in [-0.25, -0.2) is 9.49 Å². The molecule has 0 atom stereocenters. The van der Waals surface area contributed by atoms with Crippen molar-refractivity contribution in [3.63, 3.8) is 0 Å². The lowest BCUT2D eigenvalue weighted by atomic mass is 10.2. The van der Waals surface area contributed by atoms with Crippen molar-refractivity contribution < 1.29 is 14.4 Å². The first-order valence-electron chi connectivity index (χ1n) is 7.01. The maximum Gasteiger partial charge on any atom is 0.312 e. The molecular formula is C15H9ClFN5O3S. The molecule has 26 heavy (non-hydrogen) atoms. The molecule has 2 aromatic carbocycles. The van der Waals surface area contributed by atoms with Gasteiger partial charge in [-0.15, -0.1) is 0 Å². The Morgan fingerprint density at radius 1 is 1.42 bits per heavy atom. The Morgan fingerprint density at radius 3 is 2.88 bits per heavy atom. The van der Waals surface area contributed by atoms with Crippen molar-refractivity contribution in [1.82, 2.24) is 14.9 Å². The van der Waals surface area contributed by atoms with E-state index in [4.69, 9.17) is 23.8 Å². The molecule has 0 spiro atoms. The van der Waals surface area contributed by atoms with Crippen molar-refractivity contribution in [2.75, 3.05) is 0 Å². The molecule has 0 aliphatic carbocycles. The SMILES string of the molecule is O=[N+]([O-])c1cc(Cl)cc(/C=N/n2c(-c3cccc(F)c3)n[nH]c2=S)c1O. The van der Waals surface area contributed by atoms with Crippen LogP contribution in [0.2, 0.25) is 5.02 Å². The minimum atomic E-state index is -0.764. The third-order valence-electron chi connectivity index (χ3n) is 3.33. The number of hydrogen-bond acceptors (Lipinski definition) is 6. The molecule has 2 N–H and O–H groups in total. The molecule has 0 unspecified atom stereocenters. The number of aromatic nitrogens is 3. The van der Waals surface area contributed by atoms with E-state index in [1.165, 1.54) is 28.9 Å². The number of nitro groups is 1. The molecule has 3 rings (SSSR count). The summed E-state index contributed by atoms with van der Waals surface area (Å²) >= 11 is 10.9. The van der Waals surface area contributed by atoms with Crippen LogP contribution in [0.3, 0.4) is 0 Å².